The van der Waals surface area contributed by atoms with Crippen LogP contribution in [0.2, 0.25) is 0 Å². The number of unbranched alkanes of at least 4 members (excludes halogenated alkanes) is 1. The number of aliphatic hydroxyl groups is 1. The van der Waals surface area contributed by atoms with Gasteiger partial charge >= 0.3 is 0 Å². The molecule has 5 heteroatoms. The molecule has 1 aliphatic rings. The van der Waals surface area contributed by atoms with E-state index in [2.05, 4.69) is 4.72 Å². The molecule has 0 amide bonds. The van der Waals surface area contributed by atoms with E-state index < -0.39 is 10.0 Å². The smallest absolute Gasteiger partial charge is 0.211 e. The number of rotatable bonds is 7. The first-order valence-electron chi connectivity index (χ1n) is 6.67. The van der Waals surface area contributed by atoms with E-state index in [9.17, 15) is 13.5 Å². The molecule has 0 radical (unpaired) electrons. The lowest BCUT2D eigenvalue weighted by Crippen LogP contribution is -2.36. The summed E-state index contributed by atoms with van der Waals surface area (Å²) < 4.78 is 26.0. The van der Waals surface area contributed by atoms with Crippen LogP contribution in [0.1, 0.15) is 45.4 Å². The minimum atomic E-state index is -3.11. The molecule has 0 aliphatic heterocycles. The van der Waals surface area contributed by atoms with E-state index in [1.54, 1.807) is 0 Å². The van der Waals surface area contributed by atoms with Crippen LogP contribution in [0.3, 0.4) is 0 Å². The van der Waals surface area contributed by atoms with Crippen LogP contribution in [-0.2, 0) is 10.0 Å². The van der Waals surface area contributed by atoms with E-state index in [1.165, 1.54) is 0 Å². The van der Waals surface area contributed by atoms with Gasteiger partial charge in [0.2, 0.25) is 10.0 Å². The Balaban J connectivity index is 2.37. The number of aliphatic hydroxyl groups excluding tert-OH is 1. The Hall–Kier alpha value is -0.130. The molecule has 1 aliphatic carbocycles. The SMILES string of the molecule is CCCCS(=O)(=O)NCC1CCCCC1CO. The summed E-state index contributed by atoms with van der Waals surface area (Å²) in [7, 11) is -3.11. The van der Waals surface area contributed by atoms with Gasteiger partial charge in [-0.3, -0.25) is 0 Å². The van der Waals surface area contributed by atoms with Crippen LogP contribution in [0, 0.1) is 11.8 Å². The van der Waals surface area contributed by atoms with Crippen LogP contribution >= 0.6 is 0 Å². The van der Waals surface area contributed by atoms with Crippen molar-refractivity contribution in [2.75, 3.05) is 18.9 Å². The molecule has 17 heavy (non-hydrogen) atoms. The van der Waals surface area contributed by atoms with Crippen molar-refractivity contribution in [3.8, 4) is 0 Å². The molecule has 0 heterocycles. The Morgan fingerprint density at radius 1 is 1.24 bits per heavy atom. The average Bonchev–Trinajstić information content (AvgIpc) is 2.34. The van der Waals surface area contributed by atoms with E-state index in [4.69, 9.17) is 0 Å². The predicted octanol–water partition coefficient (Wildman–Crippen LogP) is 1.50. The number of sulfonamides is 1. The minimum absolute atomic E-state index is 0.182. The summed E-state index contributed by atoms with van der Waals surface area (Å²) in [6.45, 7) is 2.66. The van der Waals surface area contributed by atoms with Gasteiger partial charge in [-0.1, -0.05) is 26.2 Å². The van der Waals surface area contributed by atoms with E-state index >= 15 is 0 Å². The van der Waals surface area contributed by atoms with Crippen molar-refractivity contribution in [1.82, 2.24) is 4.72 Å². The maximum Gasteiger partial charge on any atom is 0.211 e. The van der Waals surface area contributed by atoms with E-state index in [1.807, 2.05) is 6.92 Å². The molecule has 0 aromatic rings. The maximum absolute atomic E-state index is 11.7. The average molecular weight is 263 g/mol. The lowest BCUT2D eigenvalue weighted by atomic mass is 9.80. The molecule has 0 aromatic carbocycles. The molecular formula is C12H25NO3S. The summed E-state index contributed by atoms with van der Waals surface area (Å²) in [6, 6.07) is 0. The number of hydrogen-bond donors (Lipinski definition) is 2. The lowest BCUT2D eigenvalue weighted by molar-refractivity contribution is 0.136. The van der Waals surface area contributed by atoms with Gasteiger partial charge in [-0.25, -0.2) is 13.1 Å². The zero-order chi connectivity index (χ0) is 12.7. The molecule has 1 saturated carbocycles. The molecule has 1 fully saturated rings. The zero-order valence-corrected chi connectivity index (χ0v) is 11.5. The van der Waals surface area contributed by atoms with Crippen molar-refractivity contribution in [3.05, 3.63) is 0 Å². The molecule has 0 aromatic heterocycles. The van der Waals surface area contributed by atoms with Gasteiger partial charge in [-0.05, 0) is 31.1 Å². The van der Waals surface area contributed by atoms with Crippen LogP contribution in [0.5, 0.6) is 0 Å². The molecule has 102 valence electrons. The largest absolute Gasteiger partial charge is 0.396 e. The second-order valence-electron chi connectivity index (χ2n) is 5.01. The van der Waals surface area contributed by atoms with Crippen LogP contribution in [0.4, 0.5) is 0 Å². The van der Waals surface area contributed by atoms with Gasteiger partial charge in [-0.2, -0.15) is 0 Å². The van der Waals surface area contributed by atoms with Crippen molar-refractivity contribution in [1.29, 1.82) is 0 Å². The van der Waals surface area contributed by atoms with Gasteiger partial charge in [0.05, 0.1) is 5.75 Å². The third kappa shape index (κ3) is 5.36. The first-order valence-corrected chi connectivity index (χ1v) is 8.32. The molecule has 0 spiro atoms. The van der Waals surface area contributed by atoms with Crippen molar-refractivity contribution in [3.63, 3.8) is 0 Å². The quantitative estimate of drug-likeness (QED) is 0.731. The van der Waals surface area contributed by atoms with Crippen molar-refractivity contribution in [2.24, 2.45) is 11.8 Å². The summed E-state index contributed by atoms with van der Waals surface area (Å²) in [5.41, 5.74) is 0. The monoisotopic (exact) mass is 263 g/mol. The van der Waals surface area contributed by atoms with Crippen LogP contribution in [0.25, 0.3) is 0 Å². The highest BCUT2D eigenvalue weighted by Gasteiger charge is 2.25. The van der Waals surface area contributed by atoms with Gasteiger partial charge < -0.3 is 5.11 Å². The Morgan fingerprint density at radius 2 is 1.88 bits per heavy atom. The minimum Gasteiger partial charge on any atom is -0.396 e. The highest BCUT2D eigenvalue weighted by atomic mass is 32.2. The zero-order valence-electron chi connectivity index (χ0n) is 10.7. The van der Waals surface area contributed by atoms with Crippen LogP contribution in [0.15, 0.2) is 0 Å². The van der Waals surface area contributed by atoms with Crippen molar-refractivity contribution in [2.45, 2.75) is 45.4 Å². The van der Waals surface area contributed by atoms with Crippen LogP contribution < -0.4 is 4.72 Å². The van der Waals surface area contributed by atoms with E-state index in [-0.39, 0.29) is 18.3 Å². The molecule has 2 atom stereocenters. The molecule has 2 unspecified atom stereocenters. The second-order valence-corrected chi connectivity index (χ2v) is 6.93. The van der Waals surface area contributed by atoms with Gasteiger partial charge in [0.1, 0.15) is 0 Å². The van der Waals surface area contributed by atoms with Crippen LogP contribution in [-0.4, -0.2) is 32.4 Å². The van der Waals surface area contributed by atoms with Crippen molar-refractivity contribution < 1.29 is 13.5 Å². The predicted molar refractivity (Wildman–Crippen MR) is 69.2 cm³/mol. The number of hydrogen-bond acceptors (Lipinski definition) is 3. The van der Waals surface area contributed by atoms with Gasteiger partial charge in [0, 0.05) is 13.2 Å². The maximum atomic E-state index is 11.7. The van der Waals surface area contributed by atoms with E-state index in [0.717, 1.165) is 32.1 Å². The third-order valence-corrected chi connectivity index (χ3v) is 5.07. The summed E-state index contributed by atoms with van der Waals surface area (Å²) in [5.74, 6) is 0.808. The fourth-order valence-electron chi connectivity index (χ4n) is 2.43. The fourth-order valence-corrected chi connectivity index (χ4v) is 3.72. The standard InChI is InChI=1S/C12H25NO3S/c1-2-3-8-17(15,16)13-9-11-6-4-5-7-12(11)10-14/h11-14H,2-10H2,1H3. The van der Waals surface area contributed by atoms with Gasteiger partial charge in [0.15, 0.2) is 0 Å². The third-order valence-electron chi connectivity index (χ3n) is 3.63. The van der Waals surface area contributed by atoms with Crippen molar-refractivity contribution >= 4 is 10.0 Å². The first-order chi connectivity index (χ1) is 8.09. The summed E-state index contributed by atoms with van der Waals surface area (Å²) >= 11 is 0. The van der Waals surface area contributed by atoms with Gasteiger partial charge in [0.25, 0.3) is 0 Å². The fraction of sp³-hybridized carbons (Fsp3) is 1.00. The highest BCUT2D eigenvalue weighted by Crippen LogP contribution is 2.29. The summed E-state index contributed by atoms with van der Waals surface area (Å²) in [4.78, 5) is 0. The number of nitrogens with one attached hydrogen (secondary N) is 1. The first kappa shape index (κ1) is 14.9. The molecule has 4 nitrogen and oxygen atoms in total. The Bertz CT molecular complexity index is 303. The Morgan fingerprint density at radius 3 is 2.47 bits per heavy atom. The molecule has 0 bridgehead atoms. The highest BCUT2D eigenvalue weighted by molar-refractivity contribution is 7.89. The molecule has 1 rings (SSSR count). The summed E-state index contributed by atoms with van der Waals surface area (Å²) in [6.07, 6.45) is 5.97. The Kier molecular flexibility index (Phi) is 6.44. The van der Waals surface area contributed by atoms with Gasteiger partial charge in [-0.15, -0.1) is 0 Å². The van der Waals surface area contributed by atoms with E-state index in [0.29, 0.717) is 18.9 Å². The summed E-state index contributed by atoms with van der Waals surface area (Å²) in [5, 5.41) is 9.26. The second kappa shape index (κ2) is 7.34. The topological polar surface area (TPSA) is 66.4 Å². The molecular weight excluding hydrogens is 238 g/mol. The normalized spacial score (nSPS) is 26.0. The Labute approximate surface area is 105 Å². The molecule has 2 N–H and O–H groups in total. The molecule has 0 saturated heterocycles. The lowest BCUT2D eigenvalue weighted by Gasteiger charge is -2.30.